The zero-order valence-electron chi connectivity index (χ0n) is 13.3. The van der Waals surface area contributed by atoms with Crippen LogP contribution in [-0.2, 0) is 0 Å². The Hall–Kier alpha value is -1.96. The summed E-state index contributed by atoms with van der Waals surface area (Å²) in [7, 11) is 0. The lowest BCUT2D eigenvalue weighted by Crippen LogP contribution is -2.07. The smallest absolute Gasteiger partial charge is 0.122 e. The van der Waals surface area contributed by atoms with Crippen molar-refractivity contribution in [2.75, 3.05) is 18.5 Å². The molecule has 0 aliphatic rings. The minimum Gasteiger partial charge on any atom is -0.493 e. The lowest BCUT2D eigenvalue weighted by molar-refractivity contribution is 0.306. The van der Waals surface area contributed by atoms with Gasteiger partial charge in [-0.1, -0.05) is 36.4 Å². The van der Waals surface area contributed by atoms with Gasteiger partial charge in [0.1, 0.15) is 5.75 Å². The van der Waals surface area contributed by atoms with Crippen molar-refractivity contribution < 1.29 is 4.74 Å². The van der Waals surface area contributed by atoms with Crippen LogP contribution in [0.25, 0.3) is 0 Å². The molecule has 0 heterocycles. The van der Waals surface area contributed by atoms with Gasteiger partial charge in [-0.2, -0.15) is 0 Å². The van der Waals surface area contributed by atoms with Crippen LogP contribution in [0.2, 0.25) is 0 Å². The van der Waals surface area contributed by atoms with Crippen LogP contribution in [0.1, 0.15) is 29.5 Å². The Morgan fingerprint density at radius 2 is 1.48 bits per heavy atom. The minimum absolute atomic E-state index is 0.777. The second-order valence-electron chi connectivity index (χ2n) is 5.51. The number of rotatable bonds is 7. The van der Waals surface area contributed by atoms with E-state index in [-0.39, 0.29) is 0 Å². The van der Waals surface area contributed by atoms with Crippen LogP contribution in [0, 0.1) is 20.8 Å². The van der Waals surface area contributed by atoms with Gasteiger partial charge in [-0.3, -0.25) is 0 Å². The fraction of sp³-hybridized carbons (Fsp3) is 0.368. The quantitative estimate of drug-likeness (QED) is 0.731. The maximum Gasteiger partial charge on any atom is 0.122 e. The molecule has 0 spiro atoms. The first kappa shape index (κ1) is 15.4. The normalized spacial score (nSPS) is 10.4. The maximum absolute atomic E-state index is 5.81. The van der Waals surface area contributed by atoms with Crippen molar-refractivity contribution >= 4 is 5.69 Å². The SMILES string of the molecule is Cc1ccccc1OCCCCNc1c(C)cccc1C. The van der Waals surface area contributed by atoms with Gasteiger partial charge in [0.25, 0.3) is 0 Å². The van der Waals surface area contributed by atoms with Gasteiger partial charge in [0.15, 0.2) is 0 Å². The Balaban J connectivity index is 1.68. The first-order valence-corrected chi connectivity index (χ1v) is 7.67. The van der Waals surface area contributed by atoms with Crippen molar-refractivity contribution in [1.29, 1.82) is 0 Å². The summed E-state index contributed by atoms with van der Waals surface area (Å²) in [5, 5.41) is 3.54. The van der Waals surface area contributed by atoms with E-state index >= 15 is 0 Å². The van der Waals surface area contributed by atoms with Crippen molar-refractivity contribution in [2.45, 2.75) is 33.6 Å². The summed E-state index contributed by atoms with van der Waals surface area (Å²) in [5.74, 6) is 1.00. The van der Waals surface area contributed by atoms with Gasteiger partial charge < -0.3 is 10.1 Å². The standard InChI is InChI=1S/C19H25NO/c1-15-9-4-5-12-18(15)21-14-7-6-13-20-19-16(2)10-8-11-17(19)3/h4-5,8-12,20H,6-7,13-14H2,1-3H3. The molecule has 2 nitrogen and oxygen atoms in total. The Labute approximate surface area is 128 Å². The molecule has 0 atom stereocenters. The Kier molecular flexibility index (Phi) is 5.68. The molecule has 2 rings (SSSR count). The second kappa shape index (κ2) is 7.72. The summed E-state index contributed by atoms with van der Waals surface area (Å²) in [6.45, 7) is 8.15. The fourth-order valence-corrected chi connectivity index (χ4v) is 2.43. The molecule has 0 aromatic heterocycles. The second-order valence-corrected chi connectivity index (χ2v) is 5.51. The number of nitrogens with one attached hydrogen (secondary N) is 1. The fourth-order valence-electron chi connectivity index (χ4n) is 2.43. The zero-order valence-corrected chi connectivity index (χ0v) is 13.3. The zero-order chi connectivity index (χ0) is 15.1. The number of aryl methyl sites for hydroxylation is 3. The highest BCUT2D eigenvalue weighted by Crippen LogP contribution is 2.19. The van der Waals surface area contributed by atoms with Crippen LogP contribution in [0.4, 0.5) is 5.69 Å². The Morgan fingerprint density at radius 3 is 2.19 bits per heavy atom. The first-order valence-electron chi connectivity index (χ1n) is 7.67. The van der Waals surface area contributed by atoms with Crippen molar-refractivity contribution in [3.63, 3.8) is 0 Å². The van der Waals surface area contributed by atoms with E-state index in [9.17, 15) is 0 Å². The minimum atomic E-state index is 0.777. The van der Waals surface area contributed by atoms with Gasteiger partial charge in [0.2, 0.25) is 0 Å². The van der Waals surface area contributed by atoms with E-state index in [1.807, 2.05) is 18.2 Å². The Bertz CT molecular complexity index is 557. The molecule has 2 aromatic carbocycles. The molecule has 0 saturated heterocycles. The van der Waals surface area contributed by atoms with E-state index in [0.717, 1.165) is 31.7 Å². The maximum atomic E-state index is 5.81. The number of para-hydroxylation sites is 2. The molecule has 112 valence electrons. The molecule has 2 aromatic rings. The van der Waals surface area contributed by atoms with Gasteiger partial charge in [-0.15, -0.1) is 0 Å². The van der Waals surface area contributed by atoms with E-state index in [4.69, 9.17) is 4.74 Å². The summed E-state index contributed by atoms with van der Waals surface area (Å²) in [6.07, 6.45) is 2.17. The van der Waals surface area contributed by atoms with Crippen molar-refractivity contribution in [1.82, 2.24) is 0 Å². The van der Waals surface area contributed by atoms with Crippen LogP contribution in [0.15, 0.2) is 42.5 Å². The number of unbranched alkanes of at least 4 members (excludes halogenated alkanes) is 1. The van der Waals surface area contributed by atoms with E-state index in [2.05, 4.69) is 50.4 Å². The summed E-state index contributed by atoms with van der Waals surface area (Å²) in [6, 6.07) is 14.6. The lowest BCUT2D eigenvalue weighted by Gasteiger charge is -2.13. The van der Waals surface area contributed by atoms with Crippen molar-refractivity contribution in [3.8, 4) is 5.75 Å². The van der Waals surface area contributed by atoms with Crippen LogP contribution in [0.3, 0.4) is 0 Å². The summed E-state index contributed by atoms with van der Waals surface area (Å²) in [5.41, 5.74) is 5.10. The molecule has 2 heteroatoms. The van der Waals surface area contributed by atoms with Gasteiger partial charge in [-0.05, 0) is 56.4 Å². The molecular weight excluding hydrogens is 258 g/mol. The molecule has 0 unspecified atom stereocenters. The highest BCUT2D eigenvalue weighted by Gasteiger charge is 2.01. The third kappa shape index (κ3) is 4.52. The highest BCUT2D eigenvalue weighted by atomic mass is 16.5. The number of anilines is 1. The average molecular weight is 283 g/mol. The monoisotopic (exact) mass is 283 g/mol. The molecule has 0 radical (unpaired) electrons. The Morgan fingerprint density at radius 1 is 0.810 bits per heavy atom. The van der Waals surface area contributed by atoms with E-state index < -0.39 is 0 Å². The van der Waals surface area contributed by atoms with Crippen LogP contribution < -0.4 is 10.1 Å². The molecule has 0 amide bonds. The van der Waals surface area contributed by atoms with Gasteiger partial charge in [0, 0.05) is 12.2 Å². The van der Waals surface area contributed by atoms with Crippen molar-refractivity contribution in [3.05, 3.63) is 59.2 Å². The third-order valence-electron chi connectivity index (χ3n) is 3.71. The number of hydrogen-bond acceptors (Lipinski definition) is 2. The van der Waals surface area contributed by atoms with Gasteiger partial charge in [-0.25, -0.2) is 0 Å². The molecule has 0 saturated carbocycles. The van der Waals surface area contributed by atoms with E-state index in [0.29, 0.717) is 0 Å². The van der Waals surface area contributed by atoms with Gasteiger partial charge in [0.05, 0.1) is 6.61 Å². The van der Waals surface area contributed by atoms with Crippen LogP contribution >= 0.6 is 0 Å². The van der Waals surface area contributed by atoms with Crippen molar-refractivity contribution in [2.24, 2.45) is 0 Å². The third-order valence-corrected chi connectivity index (χ3v) is 3.71. The lowest BCUT2D eigenvalue weighted by atomic mass is 10.1. The number of benzene rings is 2. The van der Waals surface area contributed by atoms with E-state index in [1.165, 1.54) is 22.4 Å². The average Bonchev–Trinajstić information content (AvgIpc) is 2.47. The van der Waals surface area contributed by atoms with Gasteiger partial charge >= 0.3 is 0 Å². The largest absolute Gasteiger partial charge is 0.493 e. The predicted octanol–water partition coefficient (Wildman–Crippen LogP) is 4.88. The predicted molar refractivity (Wildman–Crippen MR) is 90.3 cm³/mol. The summed E-state index contributed by atoms with van der Waals surface area (Å²) in [4.78, 5) is 0. The molecule has 21 heavy (non-hydrogen) atoms. The molecule has 0 aliphatic heterocycles. The molecule has 1 N–H and O–H groups in total. The topological polar surface area (TPSA) is 21.3 Å². The summed E-state index contributed by atoms with van der Waals surface area (Å²) < 4.78 is 5.81. The molecule has 0 bridgehead atoms. The first-order chi connectivity index (χ1) is 10.2. The number of hydrogen-bond donors (Lipinski definition) is 1. The van der Waals surface area contributed by atoms with E-state index in [1.54, 1.807) is 0 Å². The highest BCUT2D eigenvalue weighted by molar-refractivity contribution is 5.56. The van der Waals surface area contributed by atoms with Crippen LogP contribution in [-0.4, -0.2) is 13.2 Å². The molecule has 0 aliphatic carbocycles. The summed E-state index contributed by atoms with van der Waals surface area (Å²) >= 11 is 0. The molecule has 0 fully saturated rings. The molecular formula is C19H25NO. The number of ether oxygens (including phenoxy) is 1. The van der Waals surface area contributed by atoms with Crippen LogP contribution in [0.5, 0.6) is 5.75 Å².